The van der Waals surface area contributed by atoms with E-state index < -0.39 is 5.82 Å². The molecule has 4 aromatic rings. The Morgan fingerprint density at radius 1 is 1.11 bits per heavy atom. The number of pyridine rings is 2. The van der Waals surface area contributed by atoms with Gasteiger partial charge in [0.15, 0.2) is 0 Å². The van der Waals surface area contributed by atoms with Crippen molar-refractivity contribution in [3.63, 3.8) is 0 Å². The van der Waals surface area contributed by atoms with Gasteiger partial charge in [0, 0.05) is 48.6 Å². The summed E-state index contributed by atoms with van der Waals surface area (Å²) in [6.45, 7) is 0. The molecule has 0 amide bonds. The first-order valence-corrected chi connectivity index (χ1v) is 11.6. The zero-order valence-corrected chi connectivity index (χ0v) is 20.4. The Bertz CT molecular complexity index is 1520. The van der Waals surface area contributed by atoms with Crippen molar-refractivity contribution in [3.8, 4) is 6.07 Å². The average molecular weight is 521 g/mol. The Kier molecular flexibility index (Phi) is 6.48. The fourth-order valence-corrected chi connectivity index (χ4v) is 4.36. The first-order valence-electron chi connectivity index (χ1n) is 10.8. The molecule has 0 fully saturated rings. The van der Waals surface area contributed by atoms with Gasteiger partial charge in [-0.1, -0.05) is 29.3 Å². The number of aromatic nitrogens is 2. The SMILES string of the molecule is CN1C=C(C(Nc2cc(Cl)c3ncc(C#N)c(Nc4ccc(F)c(Cl)c4)c3c2)c2cccnc2)NN1. The van der Waals surface area contributed by atoms with E-state index in [1.807, 2.05) is 31.4 Å². The van der Waals surface area contributed by atoms with Gasteiger partial charge in [0.1, 0.15) is 11.9 Å². The van der Waals surface area contributed by atoms with Crippen LogP contribution in [0, 0.1) is 17.1 Å². The highest BCUT2D eigenvalue weighted by atomic mass is 35.5. The maximum Gasteiger partial charge on any atom is 0.141 e. The first kappa shape index (κ1) is 23.6. The predicted molar refractivity (Wildman–Crippen MR) is 139 cm³/mol. The molecule has 2 aromatic carbocycles. The van der Waals surface area contributed by atoms with Gasteiger partial charge in [-0.05, 0) is 42.0 Å². The van der Waals surface area contributed by atoms with Gasteiger partial charge in [-0.15, -0.1) is 5.53 Å². The van der Waals surface area contributed by atoms with Crippen LogP contribution in [0.1, 0.15) is 17.2 Å². The maximum absolute atomic E-state index is 13.7. The molecule has 36 heavy (non-hydrogen) atoms. The second-order valence-electron chi connectivity index (χ2n) is 8.06. The molecule has 11 heteroatoms. The van der Waals surface area contributed by atoms with Crippen LogP contribution in [0.4, 0.5) is 21.5 Å². The van der Waals surface area contributed by atoms with Crippen molar-refractivity contribution in [2.24, 2.45) is 0 Å². The van der Waals surface area contributed by atoms with Gasteiger partial charge in [0.05, 0.1) is 38.6 Å². The van der Waals surface area contributed by atoms with E-state index in [2.05, 4.69) is 37.6 Å². The minimum Gasteiger partial charge on any atom is -0.373 e. The molecular weight excluding hydrogens is 502 g/mol. The highest BCUT2D eigenvalue weighted by Crippen LogP contribution is 2.37. The number of hydrogen-bond acceptors (Lipinski definition) is 8. The molecule has 0 radical (unpaired) electrons. The van der Waals surface area contributed by atoms with Crippen LogP contribution in [0.3, 0.4) is 0 Å². The van der Waals surface area contributed by atoms with Crippen molar-refractivity contribution >= 4 is 51.2 Å². The van der Waals surface area contributed by atoms with E-state index in [1.54, 1.807) is 29.5 Å². The van der Waals surface area contributed by atoms with E-state index in [0.717, 1.165) is 11.3 Å². The molecule has 5 rings (SSSR count). The third-order valence-corrected chi connectivity index (χ3v) is 6.16. The summed E-state index contributed by atoms with van der Waals surface area (Å²) in [5.74, 6) is -0.534. The van der Waals surface area contributed by atoms with Gasteiger partial charge >= 0.3 is 0 Å². The molecule has 1 aliphatic heterocycles. The molecule has 2 aromatic heterocycles. The number of nitrogens with zero attached hydrogens (tertiary/aromatic N) is 4. The monoisotopic (exact) mass is 520 g/mol. The summed E-state index contributed by atoms with van der Waals surface area (Å²) in [4.78, 5) is 8.65. The predicted octanol–water partition coefficient (Wildman–Crippen LogP) is 5.64. The lowest BCUT2D eigenvalue weighted by atomic mass is 10.0. The number of rotatable bonds is 6. The van der Waals surface area contributed by atoms with E-state index in [0.29, 0.717) is 38.6 Å². The number of hydrazine groups is 2. The number of anilines is 3. The maximum atomic E-state index is 13.7. The first-order chi connectivity index (χ1) is 17.4. The van der Waals surface area contributed by atoms with E-state index in [-0.39, 0.29) is 11.1 Å². The highest BCUT2D eigenvalue weighted by Gasteiger charge is 2.22. The topological polar surface area (TPSA) is 101 Å². The van der Waals surface area contributed by atoms with E-state index in [1.165, 1.54) is 18.3 Å². The number of hydrogen-bond donors (Lipinski definition) is 4. The van der Waals surface area contributed by atoms with Crippen molar-refractivity contribution < 1.29 is 4.39 Å². The Labute approximate surface area is 216 Å². The molecule has 8 nitrogen and oxygen atoms in total. The summed E-state index contributed by atoms with van der Waals surface area (Å²) in [5, 5.41) is 19.2. The molecule has 0 bridgehead atoms. The van der Waals surface area contributed by atoms with Crippen LogP contribution in [0.5, 0.6) is 0 Å². The summed E-state index contributed by atoms with van der Waals surface area (Å²) in [7, 11) is 1.88. The third-order valence-electron chi connectivity index (χ3n) is 5.58. The van der Waals surface area contributed by atoms with Crippen LogP contribution in [0.15, 0.2) is 73.0 Å². The largest absolute Gasteiger partial charge is 0.373 e. The summed E-state index contributed by atoms with van der Waals surface area (Å²) in [6.07, 6.45) is 6.86. The van der Waals surface area contributed by atoms with E-state index in [9.17, 15) is 9.65 Å². The Morgan fingerprint density at radius 3 is 2.64 bits per heavy atom. The van der Waals surface area contributed by atoms with Crippen LogP contribution < -0.4 is 21.6 Å². The minimum absolute atomic E-state index is 0.0347. The molecular formula is C25H19Cl2FN8. The quantitative estimate of drug-likeness (QED) is 0.259. The summed E-state index contributed by atoms with van der Waals surface area (Å²) in [5.41, 5.74) is 10.5. The lowest BCUT2D eigenvalue weighted by molar-refractivity contribution is 0.326. The number of nitrogens with one attached hydrogen (secondary N) is 4. The van der Waals surface area contributed by atoms with E-state index in [4.69, 9.17) is 23.2 Å². The molecule has 3 heterocycles. The van der Waals surface area contributed by atoms with Gasteiger partial charge in [-0.3, -0.25) is 15.0 Å². The Morgan fingerprint density at radius 2 is 1.94 bits per heavy atom. The van der Waals surface area contributed by atoms with Crippen LogP contribution in [0.2, 0.25) is 10.0 Å². The van der Waals surface area contributed by atoms with Crippen molar-refractivity contribution in [2.75, 3.05) is 17.7 Å². The number of fused-ring (bicyclic) bond motifs is 1. The summed E-state index contributed by atoms with van der Waals surface area (Å²) in [6, 6.07) is 13.6. The molecule has 1 aliphatic rings. The molecule has 0 aliphatic carbocycles. The van der Waals surface area contributed by atoms with Gasteiger partial charge in [0.2, 0.25) is 0 Å². The van der Waals surface area contributed by atoms with Crippen molar-refractivity contribution in [1.29, 1.82) is 5.26 Å². The smallest absolute Gasteiger partial charge is 0.141 e. The Balaban J connectivity index is 1.60. The lowest BCUT2D eigenvalue weighted by Gasteiger charge is -2.22. The third kappa shape index (κ3) is 4.70. The molecule has 4 N–H and O–H groups in total. The number of benzene rings is 2. The summed E-state index contributed by atoms with van der Waals surface area (Å²) < 4.78 is 13.7. The molecule has 1 unspecified atom stereocenters. The number of halogens is 3. The van der Waals surface area contributed by atoms with Gasteiger partial charge in [-0.25, -0.2) is 4.39 Å². The van der Waals surface area contributed by atoms with E-state index >= 15 is 0 Å². The molecule has 1 atom stereocenters. The zero-order chi connectivity index (χ0) is 25.2. The summed E-state index contributed by atoms with van der Waals surface area (Å²) >= 11 is 12.6. The van der Waals surface area contributed by atoms with Gasteiger partial charge in [0.25, 0.3) is 0 Å². The standard InChI is InChI=1S/C25H19Cl2FN8/c1-36-13-22(34-35-36)24(14-3-2-6-30-11-14)33-17-7-18-23(32-16-4-5-21(28)19(26)8-16)15(10-29)12-31-25(18)20(27)9-17/h2-9,11-13,24,33-35H,1H3,(H,31,32). The van der Waals surface area contributed by atoms with Crippen molar-refractivity contribution in [1.82, 2.24) is 25.9 Å². The van der Waals surface area contributed by atoms with Crippen LogP contribution >= 0.6 is 23.2 Å². The Hall–Kier alpha value is -4.10. The van der Waals surface area contributed by atoms with Crippen molar-refractivity contribution in [3.05, 3.63) is 99.9 Å². The van der Waals surface area contributed by atoms with Gasteiger partial charge in [-0.2, -0.15) is 5.26 Å². The normalized spacial score (nSPS) is 13.6. The number of nitriles is 1. The average Bonchev–Trinajstić information content (AvgIpc) is 3.31. The second kappa shape index (κ2) is 9.87. The zero-order valence-electron chi connectivity index (χ0n) is 18.9. The molecule has 0 saturated heterocycles. The minimum atomic E-state index is -0.534. The van der Waals surface area contributed by atoms with Crippen LogP contribution in [0.25, 0.3) is 10.9 Å². The highest BCUT2D eigenvalue weighted by molar-refractivity contribution is 6.36. The lowest BCUT2D eigenvalue weighted by Crippen LogP contribution is -2.35. The molecule has 180 valence electrons. The molecule has 0 saturated carbocycles. The van der Waals surface area contributed by atoms with Gasteiger partial charge < -0.3 is 16.1 Å². The second-order valence-corrected chi connectivity index (χ2v) is 8.88. The van der Waals surface area contributed by atoms with Crippen molar-refractivity contribution in [2.45, 2.75) is 6.04 Å². The fourth-order valence-electron chi connectivity index (χ4n) is 3.91. The molecule has 0 spiro atoms. The fraction of sp³-hybridized carbons (Fsp3) is 0.0800. The van der Waals surface area contributed by atoms with Crippen LogP contribution in [-0.4, -0.2) is 22.0 Å². The van der Waals surface area contributed by atoms with Crippen LogP contribution in [-0.2, 0) is 0 Å².